The van der Waals surface area contributed by atoms with E-state index in [4.69, 9.17) is 0 Å². The summed E-state index contributed by atoms with van der Waals surface area (Å²) in [5.41, 5.74) is 2.84. The van der Waals surface area contributed by atoms with Crippen LogP contribution in [0.1, 0.15) is 35.1 Å². The molecule has 0 bridgehead atoms. The number of carbonyl (C=O) groups is 1. The molecule has 0 spiro atoms. The molecule has 0 saturated heterocycles. The lowest BCUT2D eigenvalue weighted by Gasteiger charge is -1.90. The standard InChI is InChI=1S/C8H10N2O/c1-2-5-8-6(10-9-5)3-4-7(8)11/h2-4H2,1H3,(H,9,10). The van der Waals surface area contributed by atoms with Crippen LogP contribution in [0.5, 0.6) is 0 Å². The van der Waals surface area contributed by atoms with Crippen molar-refractivity contribution in [1.29, 1.82) is 0 Å². The highest BCUT2D eigenvalue weighted by atomic mass is 16.1. The fourth-order valence-electron chi connectivity index (χ4n) is 1.55. The minimum Gasteiger partial charge on any atom is -0.294 e. The zero-order valence-electron chi connectivity index (χ0n) is 6.48. The second kappa shape index (κ2) is 2.19. The van der Waals surface area contributed by atoms with E-state index in [0.29, 0.717) is 6.42 Å². The third-order valence-electron chi connectivity index (χ3n) is 2.13. The first-order chi connectivity index (χ1) is 5.33. The van der Waals surface area contributed by atoms with Crippen LogP contribution in [-0.2, 0) is 12.8 Å². The summed E-state index contributed by atoms with van der Waals surface area (Å²) in [5.74, 6) is 0.255. The molecule has 3 nitrogen and oxygen atoms in total. The first kappa shape index (κ1) is 6.58. The molecule has 2 rings (SSSR count). The van der Waals surface area contributed by atoms with Gasteiger partial charge in [-0.25, -0.2) is 0 Å². The van der Waals surface area contributed by atoms with Crippen LogP contribution in [0.3, 0.4) is 0 Å². The van der Waals surface area contributed by atoms with E-state index < -0.39 is 0 Å². The van der Waals surface area contributed by atoms with Crippen molar-refractivity contribution < 1.29 is 4.79 Å². The van der Waals surface area contributed by atoms with Gasteiger partial charge >= 0.3 is 0 Å². The quantitative estimate of drug-likeness (QED) is 0.651. The summed E-state index contributed by atoms with van der Waals surface area (Å²) in [6.45, 7) is 2.02. The fraction of sp³-hybridized carbons (Fsp3) is 0.500. The molecule has 1 N–H and O–H groups in total. The molecular formula is C8H10N2O. The normalized spacial score (nSPS) is 15.5. The van der Waals surface area contributed by atoms with Crippen molar-refractivity contribution in [3.05, 3.63) is 17.0 Å². The fourth-order valence-corrected chi connectivity index (χ4v) is 1.55. The third-order valence-corrected chi connectivity index (χ3v) is 2.13. The van der Waals surface area contributed by atoms with Crippen LogP contribution in [0, 0.1) is 0 Å². The molecule has 1 aromatic heterocycles. The Labute approximate surface area is 64.8 Å². The monoisotopic (exact) mass is 150 g/mol. The molecule has 0 fully saturated rings. The van der Waals surface area contributed by atoms with Crippen LogP contribution >= 0.6 is 0 Å². The number of nitrogens with zero attached hydrogens (tertiary/aromatic N) is 1. The summed E-state index contributed by atoms with van der Waals surface area (Å²) in [6.07, 6.45) is 2.36. The van der Waals surface area contributed by atoms with Gasteiger partial charge in [0.2, 0.25) is 0 Å². The lowest BCUT2D eigenvalue weighted by Crippen LogP contribution is -1.95. The van der Waals surface area contributed by atoms with Gasteiger partial charge in [-0.3, -0.25) is 9.89 Å². The summed E-state index contributed by atoms with van der Waals surface area (Å²) in [5, 5.41) is 6.96. The Morgan fingerprint density at radius 2 is 2.36 bits per heavy atom. The molecule has 3 heteroatoms. The molecule has 0 amide bonds. The van der Waals surface area contributed by atoms with Crippen LogP contribution < -0.4 is 0 Å². The van der Waals surface area contributed by atoms with Gasteiger partial charge in [0.1, 0.15) is 0 Å². The van der Waals surface area contributed by atoms with Gasteiger partial charge in [-0.05, 0) is 12.8 Å². The maximum absolute atomic E-state index is 11.2. The molecule has 1 heterocycles. The molecule has 1 aliphatic carbocycles. The number of hydrogen-bond acceptors (Lipinski definition) is 2. The van der Waals surface area contributed by atoms with E-state index in [-0.39, 0.29) is 5.78 Å². The Morgan fingerprint density at radius 1 is 1.55 bits per heavy atom. The van der Waals surface area contributed by atoms with Crippen LogP contribution in [-0.4, -0.2) is 16.0 Å². The van der Waals surface area contributed by atoms with Crippen molar-refractivity contribution >= 4 is 5.78 Å². The number of aromatic nitrogens is 2. The van der Waals surface area contributed by atoms with E-state index >= 15 is 0 Å². The molecule has 0 unspecified atom stereocenters. The summed E-state index contributed by atoms with van der Waals surface area (Å²) >= 11 is 0. The Balaban J connectivity index is 2.54. The summed E-state index contributed by atoms with van der Waals surface area (Å²) in [6, 6.07) is 0. The first-order valence-corrected chi connectivity index (χ1v) is 3.92. The minimum atomic E-state index is 0.255. The minimum absolute atomic E-state index is 0.255. The number of nitrogens with one attached hydrogen (secondary N) is 1. The number of hydrogen-bond donors (Lipinski definition) is 1. The van der Waals surface area contributed by atoms with Gasteiger partial charge < -0.3 is 0 Å². The maximum atomic E-state index is 11.2. The lowest BCUT2D eigenvalue weighted by atomic mass is 10.1. The number of carbonyl (C=O) groups excluding carboxylic acids is 1. The SMILES string of the molecule is CCc1n[nH]c2c1C(=O)CC2. The zero-order chi connectivity index (χ0) is 7.84. The number of aromatic amines is 1. The van der Waals surface area contributed by atoms with Crippen LogP contribution in [0.2, 0.25) is 0 Å². The van der Waals surface area contributed by atoms with Crippen molar-refractivity contribution in [3.63, 3.8) is 0 Å². The predicted octanol–water partition coefficient (Wildman–Crippen LogP) is 1.10. The highest BCUT2D eigenvalue weighted by molar-refractivity contribution is 6.00. The Kier molecular flexibility index (Phi) is 1.31. The van der Waals surface area contributed by atoms with Gasteiger partial charge in [0.25, 0.3) is 0 Å². The average Bonchev–Trinajstić information content (AvgIpc) is 2.54. The van der Waals surface area contributed by atoms with Gasteiger partial charge in [0.15, 0.2) is 5.78 Å². The van der Waals surface area contributed by atoms with Crippen molar-refractivity contribution in [1.82, 2.24) is 10.2 Å². The lowest BCUT2D eigenvalue weighted by molar-refractivity contribution is 0.0993. The zero-order valence-corrected chi connectivity index (χ0v) is 6.48. The number of rotatable bonds is 1. The van der Waals surface area contributed by atoms with Gasteiger partial charge in [-0.1, -0.05) is 6.92 Å². The number of H-pyrrole nitrogens is 1. The molecule has 11 heavy (non-hydrogen) atoms. The molecule has 0 radical (unpaired) electrons. The van der Waals surface area contributed by atoms with E-state index in [1.165, 1.54) is 0 Å². The van der Waals surface area contributed by atoms with Crippen LogP contribution in [0.15, 0.2) is 0 Å². The molecule has 0 aliphatic heterocycles. The van der Waals surface area contributed by atoms with Crippen molar-refractivity contribution in [2.24, 2.45) is 0 Å². The number of ketones is 1. The molecule has 1 aliphatic rings. The molecule has 0 aromatic carbocycles. The van der Waals surface area contributed by atoms with Crippen molar-refractivity contribution in [3.8, 4) is 0 Å². The summed E-state index contributed by atoms with van der Waals surface area (Å²) in [4.78, 5) is 11.2. The Bertz CT molecular complexity index is 301. The van der Waals surface area contributed by atoms with Gasteiger partial charge in [0, 0.05) is 12.1 Å². The third kappa shape index (κ3) is 0.803. The average molecular weight is 150 g/mol. The predicted molar refractivity (Wildman–Crippen MR) is 40.6 cm³/mol. The Hall–Kier alpha value is -1.12. The smallest absolute Gasteiger partial charge is 0.166 e. The molecule has 0 saturated carbocycles. The molecule has 1 aromatic rings. The maximum Gasteiger partial charge on any atom is 0.166 e. The second-order valence-electron chi connectivity index (χ2n) is 2.80. The van der Waals surface area contributed by atoms with E-state index in [1.807, 2.05) is 6.92 Å². The van der Waals surface area contributed by atoms with Crippen LogP contribution in [0.25, 0.3) is 0 Å². The number of Topliss-reactive ketones (excluding diaryl/α,β-unsaturated/α-hetero) is 1. The highest BCUT2D eigenvalue weighted by Crippen LogP contribution is 2.22. The van der Waals surface area contributed by atoms with E-state index in [2.05, 4.69) is 10.2 Å². The largest absolute Gasteiger partial charge is 0.294 e. The van der Waals surface area contributed by atoms with E-state index in [1.54, 1.807) is 0 Å². The second-order valence-corrected chi connectivity index (χ2v) is 2.80. The summed E-state index contributed by atoms with van der Waals surface area (Å²) < 4.78 is 0. The topological polar surface area (TPSA) is 45.8 Å². The van der Waals surface area contributed by atoms with E-state index in [0.717, 1.165) is 29.8 Å². The van der Waals surface area contributed by atoms with Gasteiger partial charge in [0.05, 0.1) is 11.3 Å². The van der Waals surface area contributed by atoms with Crippen molar-refractivity contribution in [2.45, 2.75) is 26.2 Å². The number of aryl methyl sites for hydroxylation is 2. The highest BCUT2D eigenvalue weighted by Gasteiger charge is 2.24. The molecular weight excluding hydrogens is 140 g/mol. The molecule has 58 valence electrons. The van der Waals surface area contributed by atoms with E-state index in [9.17, 15) is 4.79 Å². The Morgan fingerprint density at radius 3 is 3.09 bits per heavy atom. The first-order valence-electron chi connectivity index (χ1n) is 3.92. The summed E-state index contributed by atoms with van der Waals surface area (Å²) in [7, 11) is 0. The van der Waals surface area contributed by atoms with Crippen molar-refractivity contribution in [2.75, 3.05) is 0 Å². The van der Waals surface area contributed by atoms with Gasteiger partial charge in [-0.2, -0.15) is 5.10 Å². The van der Waals surface area contributed by atoms with Crippen LogP contribution in [0.4, 0.5) is 0 Å². The molecule has 0 atom stereocenters. The van der Waals surface area contributed by atoms with Gasteiger partial charge in [-0.15, -0.1) is 0 Å². The number of fused-ring (bicyclic) bond motifs is 1.